The van der Waals surface area contributed by atoms with Crippen LogP contribution in [-0.2, 0) is 19.1 Å². The molecule has 0 aliphatic carbocycles. The summed E-state index contributed by atoms with van der Waals surface area (Å²) in [6.07, 6.45) is -0.403. The number of nitrogens with one attached hydrogen (secondary N) is 1. The summed E-state index contributed by atoms with van der Waals surface area (Å²) in [4.78, 5) is 47.2. The molecule has 3 aromatic rings. The van der Waals surface area contributed by atoms with Gasteiger partial charge >= 0.3 is 5.97 Å². The van der Waals surface area contributed by atoms with E-state index in [0.29, 0.717) is 17.7 Å². The number of hydrogen-bond acceptors (Lipinski definition) is 9. The minimum atomic E-state index is -0.827. The minimum absolute atomic E-state index is 0.108. The molecule has 0 unspecified atom stereocenters. The molecule has 0 saturated carbocycles. The Morgan fingerprint density at radius 2 is 1.88 bits per heavy atom. The highest BCUT2D eigenvalue weighted by Gasteiger charge is 2.45. The quantitative estimate of drug-likeness (QED) is 0.193. The van der Waals surface area contributed by atoms with E-state index >= 15 is 0 Å². The third-order valence-corrected chi connectivity index (χ3v) is 8.75. The fourth-order valence-electron chi connectivity index (χ4n) is 5.11. The minimum Gasteiger partial charge on any atom is -0.475 e. The summed E-state index contributed by atoms with van der Waals surface area (Å²) in [5.74, 6) is -1.52. The van der Waals surface area contributed by atoms with Crippen molar-refractivity contribution in [1.82, 2.24) is 20.4 Å². The topological polar surface area (TPSA) is 124 Å². The van der Waals surface area contributed by atoms with Gasteiger partial charge in [0.15, 0.2) is 5.76 Å². The molecule has 1 N–H and O–H groups in total. The van der Waals surface area contributed by atoms with Crippen molar-refractivity contribution in [2.45, 2.75) is 72.1 Å². The number of nitrogens with zero attached hydrogens (tertiary/aromatic N) is 3. The summed E-state index contributed by atoms with van der Waals surface area (Å²) in [7, 11) is 0. The standard InChI is InChI=1S/C31H39BrN4O6S/c1-17(2)27(25-14-26(35-42-25)40-12-11-32)30(38)36-15-23(41-31(39)18(3)4)13-24(36)29(37)34-19(5)21-7-9-22(10-8-21)28-20(6)33-16-43-28/h7-10,14,16-19,23-24,27H,11-13,15H2,1-6H3,(H,34,37)/t19-,23+,24-,27+/m0/s1. The maximum atomic E-state index is 14.1. The maximum absolute atomic E-state index is 14.1. The number of aromatic nitrogens is 2. The lowest BCUT2D eigenvalue weighted by atomic mass is 9.91. The van der Waals surface area contributed by atoms with E-state index in [2.05, 4.69) is 31.4 Å². The Morgan fingerprint density at radius 3 is 2.49 bits per heavy atom. The number of esters is 1. The average molecular weight is 676 g/mol. The van der Waals surface area contributed by atoms with Crippen molar-refractivity contribution >= 4 is 45.1 Å². The van der Waals surface area contributed by atoms with Crippen molar-refractivity contribution in [1.29, 1.82) is 0 Å². The Labute approximate surface area is 264 Å². The first kappa shape index (κ1) is 32.7. The van der Waals surface area contributed by atoms with Crippen molar-refractivity contribution in [3.63, 3.8) is 0 Å². The molecule has 3 heterocycles. The highest BCUT2D eigenvalue weighted by molar-refractivity contribution is 9.09. The second-order valence-electron chi connectivity index (χ2n) is 11.4. The largest absolute Gasteiger partial charge is 0.475 e. The van der Waals surface area contributed by atoms with Gasteiger partial charge in [-0.05, 0) is 36.0 Å². The Morgan fingerprint density at radius 1 is 1.16 bits per heavy atom. The third kappa shape index (κ3) is 7.83. The molecular formula is C31H39BrN4O6S. The fraction of sp³-hybridized carbons (Fsp3) is 0.516. The summed E-state index contributed by atoms with van der Waals surface area (Å²) in [6.45, 7) is 11.7. The molecule has 1 fully saturated rings. The second-order valence-corrected chi connectivity index (χ2v) is 13.0. The summed E-state index contributed by atoms with van der Waals surface area (Å²) in [5.41, 5.74) is 4.80. The number of benzene rings is 1. The van der Waals surface area contributed by atoms with Crippen LogP contribution in [-0.4, -0.2) is 63.5 Å². The van der Waals surface area contributed by atoms with Gasteiger partial charge in [-0.25, -0.2) is 4.98 Å². The lowest BCUT2D eigenvalue weighted by molar-refractivity contribution is -0.153. The van der Waals surface area contributed by atoms with Crippen molar-refractivity contribution in [3.05, 3.63) is 52.9 Å². The van der Waals surface area contributed by atoms with Gasteiger partial charge < -0.3 is 24.2 Å². The van der Waals surface area contributed by atoms with Crippen molar-refractivity contribution in [2.24, 2.45) is 11.8 Å². The van der Waals surface area contributed by atoms with Gasteiger partial charge in [-0.3, -0.25) is 14.4 Å². The molecule has 1 saturated heterocycles. The molecule has 4 atom stereocenters. The zero-order chi connectivity index (χ0) is 31.3. The van der Waals surface area contributed by atoms with E-state index in [0.717, 1.165) is 21.7 Å². The predicted molar refractivity (Wildman–Crippen MR) is 167 cm³/mol. The van der Waals surface area contributed by atoms with E-state index < -0.39 is 18.1 Å². The van der Waals surface area contributed by atoms with Crippen LogP contribution in [0.25, 0.3) is 10.4 Å². The summed E-state index contributed by atoms with van der Waals surface area (Å²) < 4.78 is 16.8. The summed E-state index contributed by atoms with van der Waals surface area (Å²) >= 11 is 4.90. The van der Waals surface area contributed by atoms with Gasteiger partial charge in [0.2, 0.25) is 11.8 Å². The predicted octanol–water partition coefficient (Wildman–Crippen LogP) is 5.67. The molecule has 2 amide bonds. The maximum Gasteiger partial charge on any atom is 0.308 e. The summed E-state index contributed by atoms with van der Waals surface area (Å²) in [6, 6.07) is 8.48. The summed E-state index contributed by atoms with van der Waals surface area (Å²) in [5, 5.41) is 7.65. The molecule has 0 radical (unpaired) electrons. The van der Waals surface area contributed by atoms with E-state index in [-0.39, 0.29) is 54.5 Å². The zero-order valence-electron chi connectivity index (χ0n) is 25.3. The number of rotatable bonds is 12. The zero-order valence-corrected chi connectivity index (χ0v) is 27.7. The Balaban J connectivity index is 1.53. The van der Waals surface area contributed by atoms with E-state index in [1.54, 1.807) is 31.3 Å². The Hall–Kier alpha value is -3.25. The molecule has 1 aliphatic heterocycles. The molecular weight excluding hydrogens is 636 g/mol. The number of likely N-dealkylation sites (tertiary alicyclic amines) is 1. The highest BCUT2D eigenvalue weighted by Crippen LogP contribution is 2.34. The first-order chi connectivity index (χ1) is 20.5. The fourth-order valence-corrected chi connectivity index (χ4v) is 6.09. The number of halogens is 1. The van der Waals surface area contributed by atoms with E-state index in [4.69, 9.17) is 14.0 Å². The average Bonchev–Trinajstić information content (AvgIpc) is 3.72. The number of carbonyl (C=O) groups is 3. The van der Waals surface area contributed by atoms with E-state index in [9.17, 15) is 14.4 Å². The SMILES string of the molecule is Cc1ncsc1-c1ccc([C@H](C)NC(=O)[C@@H]2C[C@@H](OC(=O)C(C)C)CN2C(=O)[C@@H](c2cc(OCCBr)no2)C(C)C)cc1. The van der Waals surface area contributed by atoms with E-state index in [1.165, 1.54) is 4.90 Å². The first-order valence-electron chi connectivity index (χ1n) is 14.5. The van der Waals surface area contributed by atoms with Crippen LogP contribution in [0.1, 0.15) is 70.0 Å². The van der Waals surface area contributed by atoms with Gasteiger partial charge in [-0.2, -0.15) is 0 Å². The van der Waals surface area contributed by atoms with Crippen molar-refractivity contribution in [2.75, 3.05) is 18.5 Å². The Kier molecular flexibility index (Phi) is 11.0. The van der Waals surface area contributed by atoms with Crippen LogP contribution in [0.15, 0.2) is 40.4 Å². The molecule has 43 heavy (non-hydrogen) atoms. The molecule has 1 aromatic carbocycles. The van der Waals surface area contributed by atoms with Gasteiger partial charge in [-0.15, -0.1) is 11.3 Å². The second kappa shape index (κ2) is 14.5. The molecule has 12 heteroatoms. The molecule has 0 bridgehead atoms. The number of thiazole rings is 1. The van der Waals surface area contributed by atoms with Crippen LogP contribution in [0.3, 0.4) is 0 Å². The van der Waals surface area contributed by atoms with Gasteiger partial charge in [0, 0.05) is 17.8 Å². The monoisotopic (exact) mass is 674 g/mol. The third-order valence-electron chi connectivity index (χ3n) is 7.45. The molecule has 232 valence electrons. The van der Waals surface area contributed by atoms with Crippen LogP contribution >= 0.6 is 27.3 Å². The highest BCUT2D eigenvalue weighted by atomic mass is 79.9. The molecule has 1 aliphatic rings. The van der Waals surface area contributed by atoms with Crippen molar-refractivity contribution in [3.8, 4) is 16.3 Å². The number of hydrogen-bond donors (Lipinski definition) is 1. The van der Waals surface area contributed by atoms with Crippen LogP contribution in [0, 0.1) is 18.8 Å². The van der Waals surface area contributed by atoms with Gasteiger partial charge in [-0.1, -0.05) is 67.9 Å². The number of aryl methyl sites for hydroxylation is 1. The molecule has 10 nitrogen and oxygen atoms in total. The molecule has 0 spiro atoms. The van der Waals surface area contributed by atoms with Crippen LogP contribution < -0.4 is 10.1 Å². The number of amides is 2. The van der Waals surface area contributed by atoms with Crippen LogP contribution in [0.2, 0.25) is 0 Å². The number of alkyl halides is 1. The van der Waals surface area contributed by atoms with E-state index in [1.807, 2.05) is 57.5 Å². The molecule has 4 rings (SSSR count). The number of ether oxygens (including phenoxy) is 2. The Bertz CT molecular complexity index is 1410. The lowest BCUT2D eigenvalue weighted by Gasteiger charge is -2.29. The lowest BCUT2D eigenvalue weighted by Crippen LogP contribution is -2.48. The van der Waals surface area contributed by atoms with Crippen LogP contribution in [0.5, 0.6) is 5.88 Å². The normalized spacial score (nSPS) is 18.1. The van der Waals surface area contributed by atoms with Gasteiger partial charge in [0.25, 0.3) is 5.88 Å². The van der Waals surface area contributed by atoms with Crippen LogP contribution in [0.4, 0.5) is 0 Å². The van der Waals surface area contributed by atoms with Gasteiger partial charge in [0.05, 0.1) is 41.2 Å². The smallest absolute Gasteiger partial charge is 0.308 e. The first-order valence-corrected chi connectivity index (χ1v) is 16.5. The van der Waals surface area contributed by atoms with Gasteiger partial charge in [0.1, 0.15) is 18.1 Å². The number of carbonyl (C=O) groups excluding carboxylic acids is 3. The van der Waals surface area contributed by atoms with Crippen molar-refractivity contribution < 1.29 is 28.4 Å². The molecule has 2 aromatic heterocycles.